The number of hydrogen-bond donors (Lipinski definition) is 1. The van der Waals surface area contributed by atoms with Gasteiger partial charge >= 0.3 is 0 Å². The molecule has 0 aliphatic heterocycles. The SMILES string of the molecule is CC/C(=N\NC(=O)CCc1ccccc1)c1ccc(Cl)cc1Cl. The number of nitrogens with zero attached hydrogens (tertiary/aromatic N) is 1. The van der Waals surface area contributed by atoms with Gasteiger partial charge in [0.25, 0.3) is 0 Å². The minimum absolute atomic E-state index is 0.120. The molecule has 23 heavy (non-hydrogen) atoms. The Morgan fingerprint density at radius 2 is 1.87 bits per heavy atom. The molecule has 0 aliphatic rings. The highest BCUT2D eigenvalue weighted by Gasteiger charge is 2.08. The molecule has 0 unspecified atom stereocenters. The normalized spacial score (nSPS) is 11.3. The number of amides is 1. The first-order chi connectivity index (χ1) is 11.1. The van der Waals surface area contributed by atoms with E-state index in [2.05, 4.69) is 10.5 Å². The Bertz CT molecular complexity index is 699. The molecule has 0 saturated carbocycles. The second-order valence-corrected chi connectivity index (χ2v) is 5.90. The Balaban J connectivity index is 1.97. The number of benzene rings is 2. The van der Waals surface area contributed by atoms with E-state index in [0.29, 0.717) is 29.3 Å². The van der Waals surface area contributed by atoms with Gasteiger partial charge in [-0.25, -0.2) is 5.43 Å². The van der Waals surface area contributed by atoms with Crippen molar-refractivity contribution in [2.75, 3.05) is 0 Å². The van der Waals surface area contributed by atoms with Crippen LogP contribution in [0.4, 0.5) is 0 Å². The van der Waals surface area contributed by atoms with Crippen molar-refractivity contribution in [2.45, 2.75) is 26.2 Å². The van der Waals surface area contributed by atoms with Crippen molar-refractivity contribution in [1.29, 1.82) is 0 Å². The lowest BCUT2D eigenvalue weighted by molar-refractivity contribution is -0.121. The van der Waals surface area contributed by atoms with E-state index in [1.54, 1.807) is 12.1 Å². The Labute approximate surface area is 146 Å². The molecule has 3 nitrogen and oxygen atoms in total. The Kier molecular flexibility index (Phi) is 6.63. The highest BCUT2D eigenvalue weighted by atomic mass is 35.5. The van der Waals surface area contributed by atoms with Gasteiger partial charge < -0.3 is 0 Å². The van der Waals surface area contributed by atoms with E-state index in [1.807, 2.05) is 43.3 Å². The average molecular weight is 349 g/mol. The fourth-order valence-electron chi connectivity index (χ4n) is 2.14. The zero-order valence-corrected chi connectivity index (χ0v) is 14.4. The van der Waals surface area contributed by atoms with Crippen LogP contribution >= 0.6 is 23.2 Å². The fraction of sp³-hybridized carbons (Fsp3) is 0.222. The maximum Gasteiger partial charge on any atom is 0.240 e. The summed E-state index contributed by atoms with van der Waals surface area (Å²) in [6, 6.07) is 15.1. The first-order valence-electron chi connectivity index (χ1n) is 7.45. The van der Waals surface area contributed by atoms with Gasteiger partial charge in [-0.2, -0.15) is 5.10 Å². The zero-order valence-electron chi connectivity index (χ0n) is 12.9. The topological polar surface area (TPSA) is 41.5 Å². The average Bonchev–Trinajstić information content (AvgIpc) is 2.56. The summed E-state index contributed by atoms with van der Waals surface area (Å²) in [4.78, 5) is 11.9. The van der Waals surface area contributed by atoms with E-state index in [9.17, 15) is 4.79 Å². The van der Waals surface area contributed by atoms with E-state index in [-0.39, 0.29) is 5.91 Å². The number of carbonyl (C=O) groups is 1. The van der Waals surface area contributed by atoms with E-state index >= 15 is 0 Å². The van der Waals surface area contributed by atoms with Gasteiger partial charge in [0, 0.05) is 17.0 Å². The van der Waals surface area contributed by atoms with Crippen LogP contribution < -0.4 is 5.43 Å². The van der Waals surface area contributed by atoms with E-state index < -0.39 is 0 Å². The molecule has 0 radical (unpaired) electrons. The van der Waals surface area contributed by atoms with Crippen molar-refractivity contribution in [2.24, 2.45) is 5.10 Å². The van der Waals surface area contributed by atoms with Gasteiger partial charge in [-0.1, -0.05) is 66.5 Å². The molecular formula is C18H18Cl2N2O. The molecule has 0 spiro atoms. The van der Waals surface area contributed by atoms with Crippen molar-refractivity contribution in [3.8, 4) is 0 Å². The van der Waals surface area contributed by atoms with Crippen molar-refractivity contribution < 1.29 is 4.79 Å². The monoisotopic (exact) mass is 348 g/mol. The summed E-state index contributed by atoms with van der Waals surface area (Å²) in [5.74, 6) is -0.120. The Morgan fingerprint density at radius 3 is 2.52 bits per heavy atom. The van der Waals surface area contributed by atoms with Crippen molar-refractivity contribution in [3.63, 3.8) is 0 Å². The standard InChI is InChI=1S/C18H18Cl2N2O/c1-2-17(15-10-9-14(19)12-16(15)20)21-22-18(23)11-8-13-6-4-3-5-7-13/h3-7,9-10,12H,2,8,11H2,1H3,(H,22,23)/b21-17+. The zero-order chi connectivity index (χ0) is 16.7. The summed E-state index contributed by atoms with van der Waals surface area (Å²) in [6.45, 7) is 1.96. The summed E-state index contributed by atoms with van der Waals surface area (Å²) in [6.07, 6.45) is 1.73. The molecule has 2 aromatic rings. The molecule has 0 heterocycles. The number of aryl methyl sites for hydroxylation is 1. The molecule has 5 heteroatoms. The molecule has 1 N–H and O–H groups in total. The van der Waals surface area contributed by atoms with Gasteiger partial charge in [0.1, 0.15) is 0 Å². The molecule has 0 fully saturated rings. The van der Waals surface area contributed by atoms with Gasteiger partial charge in [0.2, 0.25) is 5.91 Å². The molecule has 120 valence electrons. The molecule has 2 aromatic carbocycles. The van der Waals surface area contributed by atoms with Gasteiger partial charge in [0.15, 0.2) is 0 Å². The van der Waals surface area contributed by atoms with Gasteiger partial charge in [-0.05, 0) is 30.5 Å². The van der Waals surface area contributed by atoms with Crippen LogP contribution in [-0.2, 0) is 11.2 Å². The number of carbonyl (C=O) groups excluding carboxylic acids is 1. The van der Waals surface area contributed by atoms with Gasteiger partial charge in [-0.3, -0.25) is 4.79 Å². The van der Waals surface area contributed by atoms with Crippen LogP contribution in [0.25, 0.3) is 0 Å². The molecule has 1 amide bonds. The smallest absolute Gasteiger partial charge is 0.240 e. The third-order valence-corrected chi connectivity index (χ3v) is 3.92. The summed E-state index contributed by atoms with van der Waals surface area (Å²) in [5, 5.41) is 5.30. The summed E-state index contributed by atoms with van der Waals surface area (Å²) < 4.78 is 0. The number of hydrogen-bond acceptors (Lipinski definition) is 2. The minimum atomic E-state index is -0.120. The van der Waals surface area contributed by atoms with Crippen LogP contribution in [0.5, 0.6) is 0 Å². The molecule has 0 bridgehead atoms. The maximum absolute atomic E-state index is 11.9. The van der Waals surface area contributed by atoms with Crippen LogP contribution in [0.3, 0.4) is 0 Å². The molecule has 0 aliphatic carbocycles. The predicted molar refractivity (Wildman–Crippen MR) is 96.2 cm³/mol. The molecule has 0 atom stereocenters. The lowest BCUT2D eigenvalue weighted by atomic mass is 10.1. The molecular weight excluding hydrogens is 331 g/mol. The van der Waals surface area contributed by atoms with E-state index in [4.69, 9.17) is 23.2 Å². The van der Waals surface area contributed by atoms with Crippen molar-refractivity contribution in [3.05, 3.63) is 69.7 Å². The maximum atomic E-state index is 11.9. The number of nitrogens with one attached hydrogen (secondary N) is 1. The lowest BCUT2D eigenvalue weighted by Gasteiger charge is -2.08. The number of halogens is 2. The van der Waals surface area contributed by atoms with Crippen molar-refractivity contribution >= 4 is 34.8 Å². The second-order valence-electron chi connectivity index (χ2n) is 5.06. The third-order valence-electron chi connectivity index (χ3n) is 3.38. The Morgan fingerprint density at radius 1 is 1.13 bits per heavy atom. The first kappa shape index (κ1) is 17.5. The number of rotatable bonds is 6. The van der Waals surface area contributed by atoms with Crippen molar-refractivity contribution in [1.82, 2.24) is 5.43 Å². The molecule has 0 aromatic heterocycles. The number of hydrazone groups is 1. The van der Waals surface area contributed by atoms with Crippen LogP contribution in [0.1, 0.15) is 30.9 Å². The molecule has 2 rings (SSSR count). The second kappa shape index (κ2) is 8.70. The third kappa shape index (κ3) is 5.38. The van der Waals surface area contributed by atoms with Crippen LogP contribution in [-0.4, -0.2) is 11.6 Å². The summed E-state index contributed by atoms with van der Waals surface area (Å²) in [7, 11) is 0. The highest BCUT2D eigenvalue weighted by molar-refractivity contribution is 6.37. The highest BCUT2D eigenvalue weighted by Crippen LogP contribution is 2.22. The first-order valence-corrected chi connectivity index (χ1v) is 8.20. The van der Waals surface area contributed by atoms with Gasteiger partial charge in [0.05, 0.1) is 10.7 Å². The lowest BCUT2D eigenvalue weighted by Crippen LogP contribution is -2.20. The van der Waals surface area contributed by atoms with E-state index in [0.717, 1.165) is 16.8 Å². The summed E-state index contributed by atoms with van der Waals surface area (Å²) >= 11 is 12.1. The quantitative estimate of drug-likeness (QED) is 0.587. The molecule has 0 saturated heterocycles. The fourth-order valence-corrected chi connectivity index (χ4v) is 2.66. The van der Waals surface area contributed by atoms with Gasteiger partial charge in [-0.15, -0.1) is 0 Å². The van der Waals surface area contributed by atoms with Crippen LogP contribution in [0, 0.1) is 0 Å². The Hall–Kier alpha value is -1.84. The van der Waals surface area contributed by atoms with E-state index in [1.165, 1.54) is 0 Å². The largest absolute Gasteiger partial charge is 0.273 e. The summed E-state index contributed by atoms with van der Waals surface area (Å²) in [5.41, 5.74) is 5.23. The predicted octanol–water partition coefficient (Wildman–Crippen LogP) is 4.86. The van der Waals surface area contributed by atoms with Crippen LogP contribution in [0.15, 0.2) is 53.6 Å². The minimum Gasteiger partial charge on any atom is -0.273 e. The van der Waals surface area contributed by atoms with Crippen LogP contribution in [0.2, 0.25) is 10.0 Å².